The van der Waals surface area contributed by atoms with Crippen LogP contribution in [0.15, 0.2) is 11.1 Å². The van der Waals surface area contributed by atoms with Gasteiger partial charge in [-0.05, 0) is 18.8 Å². The molecule has 1 heterocycles. The van der Waals surface area contributed by atoms with Crippen LogP contribution in [-0.2, 0) is 0 Å². The molecule has 1 aromatic heterocycles. The van der Waals surface area contributed by atoms with Gasteiger partial charge in [-0.2, -0.15) is 0 Å². The molecule has 1 aromatic rings. The first kappa shape index (κ1) is 11.9. The van der Waals surface area contributed by atoms with Crippen LogP contribution in [0.3, 0.4) is 0 Å². The van der Waals surface area contributed by atoms with Crippen molar-refractivity contribution >= 4 is 5.82 Å². The molecule has 0 spiro atoms. The first-order valence-corrected chi connectivity index (χ1v) is 5.73. The van der Waals surface area contributed by atoms with Gasteiger partial charge in [0.15, 0.2) is 5.82 Å². The van der Waals surface area contributed by atoms with Crippen LogP contribution in [0.5, 0.6) is 5.75 Å². The Labute approximate surface area is 99.8 Å². The molecular weight excluding hydrogens is 220 g/mol. The predicted molar refractivity (Wildman–Crippen MR) is 65.4 cm³/mol. The molecule has 0 amide bonds. The average molecular weight is 238 g/mol. The summed E-state index contributed by atoms with van der Waals surface area (Å²) in [6, 6.07) is 0.221. The lowest BCUT2D eigenvalue weighted by atomic mass is 10.1. The lowest BCUT2D eigenvalue weighted by Gasteiger charge is -2.28. The highest BCUT2D eigenvalue weighted by Crippen LogP contribution is 2.36. The Balaban J connectivity index is 2.31. The van der Waals surface area contributed by atoms with Gasteiger partial charge in [0.25, 0.3) is 5.56 Å². The molecule has 3 N–H and O–H groups in total. The van der Waals surface area contributed by atoms with E-state index in [1.165, 1.54) is 26.3 Å². The van der Waals surface area contributed by atoms with Gasteiger partial charge in [0.2, 0.25) is 5.75 Å². The van der Waals surface area contributed by atoms with Gasteiger partial charge in [-0.25, -0.2) is 4.98 Å². The van der Waals surface area contributed by atoms with E-state index in [9.17, 15) is 4.79 Å². The van der Waals surface area contributed by atoms with E-state index in [0.29, 0.717) is 18.3 Å². The smallest absolute Gasteiger partial charge is 0.295 e. The van der Waals surface area contributed by atoms with Crippen LogP contribution >= 0.6 is 0 Å². The minimum atomic E-state index is -0.268. The maximum atomic E-state index is 11.6. The maximum absolute atomic E-state index is 11.6. The van der Waals surface area contributed by atoms with Crippen LogP contribution < -0.4 is 20.9 Å². The molecule has 1 aliphatic rings. The second kappa shape index (κ2) is 4.75. The molecule has 1 atom stereocenters. The van der Waals surface area contributed by atoms with Crippen molar-refractivity contribution in [3.63, 3.8) is 0 Å². The van der Waals surface area contributed by atoms with Gasteiger partial charge < -0.3 is 20.4 Å². The zero-order valence-electron chi connectivity index (χ0n) is 10.1. The van der Waals surface area contributed by atoms with Crippen molar-refractivity contribution in [1.82, 2.24) is 9.97 Å². The highest BCUT2D eigenvalue weighted by molar-refractivity contribution is 5.51. The molecule has 0 saturated heterocycles. The maximum Gasteiger partial charge on any atom is 0.295 e. The third kappa shape index (κ3) is 2.26. The van der Waals surface area contributed by atoms with Crippen LogP contribution in [0, 0.1) is 5.92 Å². The van der Waals surface area contributed by atoms with Crippen molar-refractivity contribution in [2.24, 2.45) is 11.7 Å². The number of nitrogens with zero attached hydrogens (tertiary/aromatic N) is 2. The van der Waals surface area contributed by atoms with Gasteiger partial charge in [-0.3, -0.25) is 4.79 Å². The summed E-state index contributed by atoms with van der Waals surface area (Å²) in [6.07, 6.45) is 3.77. The fourth-order valence-corrected chi connectivity index (χ4v) is 2.12. The number of hydrogen-bond donors (Lipinski definition) is 2. The molecular formula is C11H18N4O2. The Morgan fingerprint density at radius 1 is 1.71 bits per heavy atom. The molecule has 1 fully saturated rings. The Morgan fingerprint density at radius 2 is 2.41 bits per heavy atom. The van der Waals surface area contributed by atoms with Crippen molar-refractivity contribution in [2.75, 3.05) is 25.6 Å². The zero-order chi connectivity index (χ0) is 12.4. The molecule has 1 aliphatic carbocycles. The molecule has 0 radical (unpaired) electrons. The molecule has 6 heteroatoms. The van der Waals surface area contributed by atoms with E-state index in [-0.39, 0.29) is 17.4 Å². The number of nitrogens with one attached hydrogen (secondary N) is 1. The van der Waals surface area contributed by atoms with Crippen molar-refractivity contribution < 1.29 is 4.74 Å². The largest absolute Gasteiger partial charge is 0.489 e. The van der Waals surface area contributed by atoms with Crippen LogP contribution in [0.1, 0.15) is 12.8 Å². The molecule has 17 heavy (non-hydrogen) atoms. The molecule has 1 unspecified atom stereocenters. The monoisotopic (exact) mass is 238 g/mol. The van der Waals surface area contributed by atoms with Crippen LogP contribution in [0.2, 0.25) is 0 Å². The molecule has 0 aromatic carbocycles. The van der Waals surface area contributed by atoms with Crippen molar-refractivity contribution in [3.8, 4) is 5.75 Å². The second-order valence-corrected chi connectivity index (χ2v) is 4.34. The number of likely N-dealkylation sites (N-methyl/N-ethyl adjacent to an activating group) is 1. The highest BCUT2D eigenvalue weighted by atomic mass is 16.5. The van der Waals surface area contributed by atoms with Crippen molar-refractivity contribution in [1.29, 1.82) is 0 Å². The number of nitrogens with two attached hydrogens (primary N) is 1. The third-order valence-electron chi connectivity index (χ3n) is 3.24. The Morgan fingerprint density at radius 3 is 2.94 bits per heavy atom. The van der Waals surface area contributed by atoms with Crippen molar-refractivity contribution in [2.45, 2.75) is 18.9 Å². The minimum Gasteiger partial charge on any atom is -0.489 e. The second-order valence-electron chi connectivity index (χ2n) is 4.34. The zero-order valence-corrected chi connectivity index (χ0v) is 10.1. The summed E-state index contributed by atoms with van der Waals surface area (Å²) in [6.45, 7) is 0.554. The molecule has 6 nitrogen and oxygen atoms in total. The van der Waals surface area contributed by atoms with Crippen LogP contribution in [-0.4, -0.2) is 36.7 Å². The molecule has 94 valence electrons. The molecule has 2 rings (SSSR count). The number of hydrogen-bond acceptors (Lipinski definition) is 5. The number of rotatable bonds is 5. The van der Waals surface area contributed by atoms with E-state index < -0.39 is 0 Å². The Kier molecular flexibility index (Phi) is 3.33. The van der Waals surface area contributed by atoms with Gasteiger partial charge in [0, 0.05) is 19.6 Å². The number of anilines is 1. The fraction of sp³-hybridized carbons (Fsp3) is 0.636. The summed E-state index contributed by atoms with van der Waals surface area (Å²) in [7, 11) is 3.37. The van der Waals surface area contributed by atoms with E-state index >= 15 is 0 Å². The van der Waals surface area contributed by atoms with E-state index in [1.54, 1.807) is 0 Å². The SMILES string of the molecule is COc1c(N(C)C(CN)C2CC2)nc[nH]c1=O. The number of ether oxygens (including phenoxy) is 1. The quantitative estimate of drug-likeness (QED) is 0.751. The number of H-pyrrole nitrogens is 1. The first-order valence-electron chi connectivity index (χ1n) is 5.73. The topological polar surface area (TPSA) is 84.2 Å². The summed E-state index contributed by atoms with van der Waals surface area (Å²) < 4.78 is 5.10. The predicted octanol–water partition coefficient (Wildman–Crippen LogP) is -0.0480. The van der Waals surface area contributed by atoms with E-state index in [0.717, 1.165) is 0 Å². The lowest BCUT2D eigenvalue weighted by Crippen LogP contribution is -2.40. The van der Waals surface area contributed by atoms with E-state index in [4.69, 9.17) is 10.5 Å². The van der Waals surface area contributed by atoms with Crippen LogP contribution in [0.4, 0.5) is 5.82 Å². The standard InChI is InChI=1S/C11H18N4O2/c1-15(8(5-12)7-3-4-7)10-9(17-2)11(16)14-6-13-10/h6-8H,3-5,12H2,1-2H3,(H,13,14,16). The highest BCUT2D eigenvalue weighted by Gasteiger charge is 2.34. The van der Waals surface area contributed by atoms with Gasteiger partial charge >= 0.3 is 0 Å². The minimum absolute atomic E-state index is 0.221. The van der Waals surface area contributed by atoms with Crippen molar-refractivity contribution in [3.05, 3.63) is 16.7 Å². The fourth-order valence-electron chi connectivity index (χ4n) is 2.12. The lowest BCUT2D eigenvalue weighted by molar-refractivity contribution is 0.403. The van der Waals surface area contributed by atoms with E-state index in [1.807, 2.05) is 11.9 Å². The number of aromatic amines is 1. The summed E-state index contributed by atoms with van der Waals surface area (Å²) in [5.41, 5.74) is 5.52. The molecule has 0 bridgehead atoms. The molecule has 0 aliphatic heterocycles. The Bertz CT molecular complexity index is 441. The average Bonchev–Trinajstić information content (AvgIpc) is 3.14. The van der Waals surface area contributed by atoms with Gasteiger partial charge in [0.1, 0.15) is 0 Å². The van der Waals surface area contributed by atoms with Gasteiger partial charge in [-0.15, -0.1) is 0 Å². The van der Waals surface area contributed by atoms with Gasteiger partial charge in [-0.1, -0.05) is 0 Å². The van der Waals surface area contributed by atoms with E-state index in [2.05, 4.69) is 9.97 Å². The summed E-state index contributed by atoms with van der Waals surface area (Å²) in [4.78, 5) is 20.2. The number of aromatic nitrogens is 2. The van der Waals surface area contributed by atoms with Crippen LogP contribution in [0.25, 0.3) is 0 Å². The summed E-state index contributed by atoms with van der Waals surface area (Å²) in [5, 5.41) is 0. The third-order valence-corrected chi connectivity index (χ3v) is 3.24. The summed E-state index contributed by atoms with van der Waals surface area (Å²) >= 11 is 0. The first-order chi connectivity index (χ1) is 8.19. The normalized spacial score (nSPS) is 16.6. The number of methoxy groups -OCH3 is 1. The van der Waals surface area contributed by atoms with Gasteiger partial charge in [0.05, 0.1) is 13.4 Å². The molecule has 1 saturated carbocycles. The Hall–Kier alpha value is -1.56. The summed E-state index contributed by atoms with van der Waals surface area (Å²) in [5.74, 6) is 1.41.